The van der Waals surface area contributed by atoms with E-state index in [1.807, 2.05) is 11.3 Å². The van der Waals surface area contributed by atoms with Crippen LogP contribution in [0.3, 0.4) is 0 Å². The molecule has 1 fully saturated rings. The van der Waals surface area contributed by atoms with Crippen LogP contribution in [0.4, 0.5) is 0 Å². The normalized spacial score (nSPS) is 28.0. The van der Waals surface area contributed by atoms with Crippen molar-refractivity contribution in [1.29, 1.82) is 0 Å². The standard InChI is InChI=1S/C17H31N3S/c1-6-18-15(10-16-19-14(3)12-21-16)17(20(4)5)9-7-8-13(2)11-17/h12-13,15,18H,6-11H2,1-5H3. The van der Waals surface area contributed by atoms with Gasteiger partial charge in [0.25, 0.3) is 0 Å². The van der Waals surface area contributed by atoms with Crippen molar-refractivity contribution in [2.24, 2.45) is 5.92 Å². The number of likely N-dealkylation sites (N-methyl/N-ethyl adjacent to an activating group) is 2. The second-order valence-electron chi connectivity index (χ2n) is 6.90. The molecule has 1 heterocycles. The molecule has 1 N–H and O–H groups in total. The van der Waals surface area contributed by atoms with Gasteiger partial charge in [0, 0.05) is 29.1 Å². The first-order chi connectivity index (χ1) is 9.98. The van der Waals surface area contributed by atoms with Crippen molar-refractivity contribution < 1.29 is 0 Å². The van der Waals surface area contributed by atoms with E-state index in [0.717, 1.165) is 24.6 Å². The van der Waals surface area contributed by atoms with E-state index in [0.29, 0.717) is 6.04 Å². The van der Waals surface area contributed by atoms with Gasteiger partial charge in [-0.15, -0.1) is 11.3 Å². The molecule has 0 radical (unpaired) electrons. The zero-order valence-corrected chi connectivity index (χ0v) is 15.1. The number of nitrogens with one attached hydrogen (secondary N) is 1. The number of thiazole rings is 1. The summed E-state index contributed by atoms with van der Waals surface area (Å²) in [7, 11) is 4.52. The molecule has 2 rings (SSSR count). The molecule has 0 aliphatic heterocycles. The summed E-state index contributed by atoms with van der Waals surface area (Å²) in [6.45, 7) is 7.75. The van der Waals surface area contributed by atoms with Crippen molar-refractivity contribution >= 4 is 11.3 Å². The Hall–Kier alpha value is -0.450. The summed E-state index contributed by atoms with van der Waals surface area (Å²) in [4.78, 5) is 7.18. The summed E-state index contributed by atoms with van der Waals surface area (Å²) in [6.07, 6.45) is 6.37. The number of hydrogen-bond acceptors (Lipinski definition) is 4. The van der Waals surface area contributed by atoms with Crippen molar-refractivity contribution in [2.45, 2.75) is 64.5 Å². The van der Waals surface area contributed by atoms with Gasteiger partial charge in [0.05, 0.1) is 5.01 Å². The quantitative estimate of drug-likeness (QED) is 0.872. The van der Waals surface area contributed by atoms with E-state index >= 15 is 0 Å². The zero-order chi connectivity index (χ0) is 15.5. The average molecular weight is 310 g/mol. The highest BCUT2D eigenvalue weighted by Crippen LogP contribution is 2.39. The van der Waals surface area contributed by atoms with Crippen molar-refractivity contribution in [2.75, 3.05) is 20.6 Å². The maximum absolute atomic E-state index is 4.70. The predicted molar refractivity (Wildman–Crippen MR) is 92.1 cm³/mol. The Kier molecular flexibility index (Phi) is 5.81. The van der Waals surface area contributed by atoms with Gasteiger partial charge < -0.3 is 10.2 Å². The molecular formula is C17H31N3S. The third-order valence-corrected chi connectivity index (χ3v) is 6.03. The summed E-state index contributed by atoms with van der Waals surface area (Å²) in [6, 6.07) is 0.491. The average Bonchev–Trinajstić information content (AvgIpc) is 2.83. The molecular weight excluding hydrogens is 278 g/mol. The molecule has 0 saturated heterocycles. The van der Waals surface area contributed by atoms with Crippen molar-refractivity contribution in [3.8, 4) is 0 Å². The minimum atomic E-state index is 0.271. The van der Waals surface area contributed by atoms with Gasteiger partial charge in [-0.3, -0.25) is 0 Å². The van der Waals surface area contributed by atoms with Crippen molar-refractivity contribution in [3.63, 3.8) is 0 Å². The third kappa shape index (κ3) is 3.85. The lowest BCUT2D eigenvalue weighted by molar-refractivity contribution is 0.0378. The minimum absolute atomic E-state index is 0.271. The van der Waals surface area contributed by atoms with Crippen LogP contribution in [0.5, 0.6) is 0 Å². The first-order valence-corrected chi connectivity index (χ1v) is 9.17. The SMILES string of the molecule is CCNC(Cc1nc(C)cs1)C1(N(C)C)CCCC(C)C1. The number of hydrogen-bond donors (Lipinski definition) is 1. The Morgan fingerprint density at radius 3 is 2.81 bits per heavy atom. The van der Waals surface area contributed by atoms with Gasteiger partial charge >= 0.3 is 0 Å². The summed E-state index contributed by atoms with van der Waals surface area (Å²) >= 11 is 1.81. The summed E-state index contributed by atoms with van der Waals surface area (Å²) in [5.41, 5.74) is 1.42. The minimum Gasteiger partial charge on any atom is -0.312 e. The van der Waals surface area contributed by atoms with Gasteiger partial charge in [-0.2, -0.15) is 0 Å². The smallest absolute Gasteiger partial charge is 0.0944 e. The lowest BCUT2D eigenvalue weighted by Gasteiger charge is -2.50. The van der Waals surface area contributed by atoms with Gasteiger partial charge in [-0.1, -0.05) is 26.7 Å². The van der Waals surface area contributed by atoms with Gasteiger partial charge in [0.15, 0.2) is 0 Å². The van der Waals surface area contributed by atoms with Crippen LogP contribution >= 0.6 is 11.3 Å². The molecule has 0 aromatic carbocycles. The van der Waals surface area contributed by atoms with E-state index in [4.69, 9.17) is 4.98 Å². The highest BCUT2D eigenvalue weighted by atomic mass is 32.1. The lowest BCUT2D eigenvalue weighted by Crippen LogP contribution is -2.61. The highest BCUT2D eigenvalue weighted by Gasteiger charge is 2.43. The van der Waals surface area contributed by atoms with E-state index in [-0.39, 0.29) is 5.54 Å². The monoisotopic (exact) mass is 309 g/mol. The Morgan fingerprint density at radius 1 is 1.52 bits per heavy atom. The topological polar surface area (TPSA) is 28.2 Å². The summed E-state index contributed by atoms with van der Waals surface area (Å²) in [5, 5.41) is 7.22. The molecule has 0 bridgehead atoms. The van der Waals surface area contributed by atoms with Crippen LogP contribution in [0.25, 0.3) is 0 Å². The van der Waals surface area contributed by atoms with Crippen LogP contribution in [0.15, 0.2) is 5.38 Å². The zero-order valence-electron chi connectivity index (χ0n) is 14.3. The molecule has 0 amide bonds. The van der Waals surface area contributed by atoms with E-state index in [2.05, 4.69) is 50.5 Å². The number of aromatic nitrogens is 1. The maximum Gasteiger partial charge on any atom is 0.0944 e. The van der Waals surface area contributed by atoms with Crippen LogP contribution in [0.2, 0.25) is 0 Å². The van der Waals surface area contributed by atoms with Crippen LogP contribution in [-0.2, 0) is 6.42 Å². The molecule has 21 heavy (non-hydrogen) atoms. The van der Waals surface area contributed by atoms with Gasteiger partial charge in [-0.25, -0.2) is 4.98 Å². The fraction of sp³-hybridized carbons (Fsp3) is 0.824. The fourth-order valence-electron chi connectivity index (χ4n) is 3.97. The summed E-state index contributed by atoms with van der Waals surface area (Å²) < 4.78 is 0. The lowest BCUT2D eigenvalue weighted by atomic mass is 9.70. The number of aryl methyl sites for hydroxylation is 1. The molecule has 1 aliphatic rings. The molecule has 3 nitrogen and oxygen atoms in total. The van der Waals surface area contributed by atoms with Crippen molar-refractivity contribution in [3.05, 3.63) is 16.1 Å². The van der Waals surface area contributed by atoms with Gasteiger partial charge in [-0.05, 0) is 46.3 Å². The van der Waals surface area contributed by atoms with Crippen LogP contribution in [-0.4, -0.2) is 42.1 Å². The fourth-order valence-corrected chi connectivity index (χ4v) is 4.79. The second kappa shape index (κ2) is 7.21. The van der Waals surface area contributed by atoms with Crippen LogP contribution in [0, 0.1) is 12.8 Å². The molecule has 120 valence electrons. The van der Waals surface area contributed by atoms with Gasteiger partial charge in [0.2, 0.25) is 0 Å². The molecule has 4 heteroatoms. The Bertz CT molecular complexity index is 443. The van der Waals surface area contributed by atoms with E-state index < -0.39 is 0 Å². The van der Waals surface area contributed by atoms with Crippen LogP contribution in [0.1, 0.15) is 50.2 Å². The Balaban J connectivity index is 2.23. The molecule has 1 saturated carbocycles. The molecule has 1 aromatic heterocycles. The molecule has 0 spiro atoms. The van der Waals surface area contributed by atoms with E-state index in [9.17, 15) is 0 Å². The number of rotatable bonds is 6. The van der Waals surface area contributed by atoms with Crippen LogP contribution < -0.4 is 5.32 Å². The third-order valence-electron chi connectivity index (χ3n) is 5.04. The Morgan fingerprint density at radius 2 is 2.29 bits per heavy atom. The summed E-state index contributed by atoms with van der Waals surface area (Å²) in [5.74, 6) is 0.820. The first-order valence-electron chi connectivity index (χ1n) is 8.29. The van der Waals surface area contributed by atoms with Crippen molar-refractivity contribution in [1.82, 2.24) is 15.2 Å². The number of nitrogens with zero attached hydrogens (tertiary/aromatic N) is 2. The maximum atomic E-state index is 4.70. The van der Waals surface area contributed by atoms with E-state index in [1.165, 1.54) is 30.7 Å². The first kappa shape index (κ1) is 16.9. The molecule has 1 aliphatic carbocycles. The highest BCUT2D eigenvalue weighted by molar-refractivity contribution is 7.09. The molecule has 1 aromatic rings. The molecule has 3 atom stereocenters. The predicted octanol–water partition coefficient (Wildman–Crippen LogP) is 3.48. The molecule has 3 unspecified atom stereocenters. The van der Waals surface area contributed by atoms with E-state index in [1.54, 1.807) is 0 Å². The van der Waals surface area contributed by atoms with Gasteiger partial charge in [0.1, 0.15) is 0 Å². The largest absolute Gasteiger partial charge is 0.312 e. The Labute approximate surface area is 134 Å². The second-order valence-corrected chi connectivity index (χ2v) is 7.84.